The first kappa shape index (κ1) is 22.6. The fraction of sp³-hybridized carbons (Fsp3) is 0.360. The molecule has 2 aromatic carbocycles. The quantitative estimate of drug-likeness (QED) is 0.398. The molecule has 0 saturated carbocycles. The van der Waals surface area contributed by atoms with E-state index in [0.717, 1.165) is 24.2 Å². The van der Waals surface area contributed by atoms with Crippen molar-refractivity contribution in [3.8, 4) is 5.75 Å². The Hall–Kier alpha value is -3.12. The number of amides is 1. The van der Waals surface area contributed by atoms with Crippen LogP contribution in [0, 0.1) is 6.92 Å². The van der Waals surface area contributed by atoms with Crippen LogP contribution in [-0.4, -0.2) is 59.9 Å². The highest BCUT2D eigenvalue weighted by atomic mass is 16.5. The number of aryl methyl sites for hydroxylation is 1. The third-order valence-electron chi connectivity index (χ3n) is 5.85. The van der Waals surface area contributed by atoms with Crippen LogP contribution >= 0.6 is 0 Å². The number of methoxy groups -OCH3 is 1. The van der Waals surface area contributed by atoms with Gasteiger partial charge in [-0.15, -0.1) is 0 Å². The van der Waals surface area contributed by atoms with Gasteiger partial charge < -0.3 is 19.6 Å². The van der Waals surface area contributed by atoms with Crippen LogP contribution < -0.4 is 4.74 Å². The number of rotatable bonds is 8. The van der Waals surface area contributed by atoms with Crippen LogP contribution in [0.4, 0.5) is 0 Å². The molecular weight excluding hydrogens is 392 g/mol. The number of aliphatic hydroxyl groups is 1. The minimum atomic E-state index is -0.654. The van der Waals surface area contributed by atoms with Gasteiger partial charge in [-0.25, -0.2) is 0 Å². The minimum Gasteiger partial charge on any atom is -0.507 e. The van der Waals surface area contributed by atoms with Crippen molar-refractivity contribution in [3.05, 3.63) is 70.8 Å². The predicted octanol–water partition coefficient (Wildman–Crippen LogP) is 3.77. The van der Waals surface area contributed by atoms with Gasteiger partial charge >= 0.3 is 0 Å². The summed E-state index contributed by atoms with van der Waals surface area (Å²) in [7, 11) is 1.59. The van der Waals surface area contributed by atoms with Gasteiger partial charge in [-0.1, -0.05) is 55.8 Å². The summed E-state index contributed by atoms with van der Waals surface area (Å²) in [5.41, 5.74) is 2.44. The molecule has 31 heavy (non-hydrogen) atoms. The molecule has 1 N–H and O–H groups in total. The van der Waals surface area contributed by atoms with Crippen LogP contribution in [0.2, 0.25) is 0 Å². The van der Waals surface area contributed by atoms with Crippen LogP contribution in [0.5, 0.6) is 5.75 Å². The van der Waals surface area contributed by atoms with Crippen LogP contribution in [0.25, 0.3) is 5.76 Å². The number of aliphatic hydroxyl groups excluding tert-OH is 1. The maximum atomic E-state index is 13.0. The highest BCUT2D eigenvalue weighted by Gasteiger charge is 2.45. The Balaban J connectivity index is 2.08. The van der Waals surface area contributed by atoms with Gasteiger partial charge in [0.1, 0.15) is 11.5 Å². The summed E-state index contributed by atoms with van der Waals surface area (Å²) in [5, 5.41) is 11.1. The summed E-state index contributed by atoms with van der Waals surface area (Å²) in [4.78, 5) is 29.8. The summed E-state index contributed by atoms with van der Waals surface area (Å²) >= 11 is 0. The average Bonchev–Trinajstić information content (AvgIpc) is 3.04. The maximum absolute atomic E-state index is 13.0. The van der Waals surface area contributed by atoms with Crippen LogP contribution in [0.15, 0.2) is 54.1 Å². The van der Waals surface area contributed by atoms with E-state index < -0.39 is 17.7 Å². The van der Waals surface area contributed by atoms with E-state index in [4.69, 9.17) is 4.74 Å². The zero-order valence-electron chi connectivity index (χ0n) is 18.6. The molecule has 1 aliphatic rings. The SMILES string of the molecule is CCN(CC)CCN1C(=O)C(=O)/C(=C(/O)c2ccc(C)cc2)[C@@H]1c1ccc(OC)cc1. The molecule has 6 heteroatoms. The molecule has 1 fully saturated rings. The molecule has 6 nitrogen and oxygen atoms in total. The van der Waals surface area contributed by atoms with Gasteiger partial charge in [-0.05, 0) is 37.7 Å². The molecule has 1 saturated heterocycles. The van der Waals surface area contributed by atoms with Gasteiger partial charge in [-0.2, -0.15) is 0 Å². The van der Waals surface area contributed by atoms with E-state index in [2.05, 4.69) is 18.7 Å². The van der Waals surface area contributed by atoms with Crippen LogP contribution in [-0.2, 0) is 9.59 Å². The van der Waals surface area contributed by atoms with Gasteiger partial charge in [0, 0.05) is 18.7 Å². The van der Waals surface area contributed by atoms with E-state index in [1.807, 2.05) is 31.2 Å². The first-order valence-corrected chi connectivity index (χ1v) is 10.6. The molecular formula is C25H30N2O4. The van der Waals surface area contributed by atoms with E-state index >= 15 is 0 Å². The summed E-state index contributed by atoms with van der Waals surface area (Å²) in [6.07, 6.45) is 0. The van der Waals surface area contributed by atoms with Crippen molar-refractivity contribution in [2.45, 2.75) is 26.8 Å². The number of ether oxygens (including phenoxy) is 1. The Morgan fingerprint density at radius 1 is 1.03 bits per heavy atom. The molecule has 0 aliphatic carbocycles. The van der Waals surface area contributed by atoms with Crippen molar-refractivity contribution in [3.63, 3.8) is 0 Å². The van der Waals surface area contributed by atoms with Gasteiger partial charge in [0.15, 0.2) is 0 Å². The summed E-state index contributed by atoms with van der Waals surface area (Å²) in [6, 6.07) is 13.9. The molecule has 1 heterocycles. The molecule has 0 bridgehead atoms. The van der Waals surface area contributed by atoms with E-state index in [1.54, 1.807) is 36.3 Å². The molecule has 164 valence electrons. The number of ketones is 1. The van der Waals surface area contributed by atoms with Crippen molar-refractivity contribution >= 4 is 17.4 Å². The Kier molecular flexibility index (Phi) is 7.13. The van der Waals surface area contributed by atoms with Crippen molar-refractivity contribution in [1.82, 2.24) is 9.80 Å². The number of nitrogens with zero attached hydrogens (tertiary/aromatic N) is 2. The molecule has 1 atom stereocenters. The smallest absolute Gasteiger partial charge is 0.295 e. The zero-order chi connectivity index (χ0) is 22.5. The highest BCUT2D eigenvalue weighted by molar-refractivity contribution is 6.46. The molecule has 3 rings (SSSR count). The van der Waals surface area contributed by atoms with E-state index in [9.17, 15) is 14.7 Å². The second kappa shape index (κ2) is 9.79. The van der Waals surface area contributed by atoms with Gasteiger partial charge in [0.05, 0.1) is 18.7 Å². The Morgan fingerprint density at radius 3 is 2.19 bits per heavy atom. The molecule has 1 amide bonds. The van der Waals surface area contributed by atoms with Crippen molar-refractivity contribution in [2.75, 3.05) is 33.3 Å². The standard InChI is InChI=1S/C25H30N2O4/c1-5-26(6-2)15-16-27-22(18-11-13-20(31-4)14-12-18)21(24(29)25(27)30)23(28)19-9-7-17(3)8-10-19/h7-14,22,28H,5-6,15-16H2,1-4H3/b23-21+/t22-/m0/s1. The van der Waals surface area contributed by atoms with Gasteiger partial charge in [-0.3, -0.25) is 9.59 Å². The van der Waals surface area contributed by atoms with E-state index in [0.29, 0.717) is 24.4 Å². The number of hydrogen-bond acceptors (Lipinski definition) is 5. The van der Waals surface area contributed by atoms with Gasteiger partial charge in [0.2, 0.25) is 0 Å². The van der Waals surface area contributed by atoms with E-state index in [-0.39, 0.29) is 11.3 Å². The third kappa shape index (κ3) is 4.64. The van der Waals surface area contributed by atoms with Crippen molar-refractivity contribution < 1.29 is 19.4 Å². The molecule has 2 aromatic rings. The first-order valence-electron chi connectivity index (χ1n) is 10.6. The van der Waals surface area contributed by atoms with Crippen LogP contribution in [0.1, 0.15) is 36.6 Å². The number of likely N-dealkylation sites (tertiary alicyclic amines) is 1. The first-order chi connectivity index (χ1) is 14.9. The Labute approximate surface area is 183 Å². The molecule has 0 spiro atoms. The predicted molar refractivity (Wildman–Crippen MR) is 121 cm³/mol. The number of likely N-dealkylation sites (N-methyl/N-ethyl adjacent to an activating group) is 1. The average molecular weight is 423 g/mol. The largest absolute Gasteiger partial charge is 0.507 e. The van der Waals surface area contributed by atoms with Gasteiger partial charge in [0.25, 0.3) is 11.7 Å². The lowest BCUT2D eigenvalue weighted by atomic mass is 9.95. The Bertz CT molecular complexity index is 960. The second-order valence-corrected chi connectivity index (χ2v) is 7.66. The molecule has 0 radical (unpaired) electrons. The maximum Gasteiger partial charge on any atom is 0.295 e. The summed E-state index contributed by atoms with van der Waals surface area (Å²) in [5.74, 6) is -0.702. The monoisotopic (exact) mass is 422 g/mol. The second-order valence-electron chi connectivity index (χ2n) is 7.66. The lowest BCUT2D eigenvalue weighted by Crippen LogP contribution is -2.38. The number of carbonyl (C=O) groups is 2. The normalized spacial score (nSPS) is 18.1. The Morgan fingerprint density at radius 2 is 1.65 bits per heavy atom. The van der Waals surface area contributed by atoms with E-state index in [1.165, 1.54) is 0 Å². The molecule has 0 unspecified atom stereocenters. The third-order valence-corrected chi connectivity index (χ3v) is 5.85. The molecule has 0 aromatic heterocycles. The topological polar surface area (TPSA) is 70.1 Å². The number of hydrogen-bond donors (Lipinski definition) is 1. The molecule has 1 aliphatic heterocycles. The lowest BCUT2D eigenvalue weighted by molar-refractivity contribution is -0.140. The number of Topliss-reactive ketones (excluding diaryl/α,β-unsaturated/α-hetero) is 1. The van der Waals surface area contributed by atoms with Crippen LogP contribution in [0.3, 0.4) is 0 Å². The number of benzene rings is 2. The summed E-state index contributed by atoms with van der Waals surface area (Å²) in [6.45, 7) is 8.85. The fourth-order valence-corrected chi connectivity index (χ4v) is 3.90. The van der Waals surface area contributed by atoms with Crippen molar-refractivity contribution in [2.24, 2.45) is 0 Å². The zero-order valence-corrected chi connectivity index (χ0v) is 18.6. The van der Waals surface area contributed by atoms with Crippen molar-refractivity contribution in [1.29, 1.82) is 0 Å². The highest BCUT2D eigenvalue weighted by Crippen LogP contribution is 2.39. The number of carbonyl (C=O) groups excluding carboxylic acids is 2. The minimum absolute atomic E-state index is 0.124. The fourth-order valence-electron chi connectivity index (χ4n) is 3.90. The summed E-state index contributed by atoms with van der Waals surface area (Å²) < 4.78 is 5.25. The lowest BCUT2D eigenvalue weighted by Gasteiger charge is -2.28.